The lowest BCUT2D eigenvalue weighted by molar-refractivity contribution is 0.102. The number of amides is 3. The zero-order valence-corrected chi connectivity index (χ0v) is 17.8. The van der Waals surface area contributed by atoms with Crippen molar-refractivity contribution in [2.24, 2.45) is 0 Å². The van der Waals surface area contributed by atoms with Gasteiger partial charge in [0.25, 0.3) is 5.91 Å². The summed E-state index contributed by atoms with van der Waals surface area (Å²) >= 11 is 0. The number of piperazine rings is 1. The van der Waals surface area contributed by atoms with Crippen molar-refractivity contribution in [2.75, 3.05) is 41.7 Å². The second-order valence-electron chi connectivity index (χ2n) is 7.79. The van der Waals surface area contributed by atoms with E-state index in [-0.39, 0.29) is 11.9 Å². The second kappa shape index (κ2) is 9.51. The monoisotopic (exact) mass is 432 g/mol. The van der Waals surface area contributed by atoms with E-state index in [2.05, 4.69) is 40.7 Å². The number of nitrogens with zero attached hydrogens (tertiary/aromatic N) is 2. The zero-order valence-electron chi connectivity index (χ0n) is 17.8. The van der Waals surface area contributed by atoms with Crippen molar-refractivity contribution in [3.05, 3.63) is 89.7 Å². The highest BCUT2D eigenvalue weighted by Crippen LogP contribution is 2.19. The SMILES string of the molecule is Cc1cccc(N2CCN(C(=O)Nc3cccc(C(=O)Nc4cccc(F)c4)c3)CC2)c1. The van der Waals surface area contributed by atoms with E-state index in [0.29, 0.717) is 30.0 Å². The molecule has 2 N–H and O–H groups in total. The standard InChI is InChI=1S/C25H25FN4O2/c1-18-5-2-10-23(15-18)29-11-13-30(14-12-29)25(32)28-21-8-3-6-19(16-21)24(31)27-22-9-4-7-20(26)17-22/h2-10,15-17H,11-14H2,1H3,(H,27,31)(H,28,32). The Morgan fingerprint density at radius 2 is 1.50 bits per heavy atom. The highest BCUT2D eigenvalue weighted by atomic mass is 19.1. The molecule has 164 valence electrons. The Hall–Kier alpha value is -3.87. The molecule has 32 heavy (non-hydrogen) atoms. The summed E-state index contributed by atoms with van der Waals surface area (Å²) in [5.41, 5.74) is 3.65. The molecular formula is C25H25FN4O2. The normalized spacial score (nSPS) is 13.6. The third-order valence-electron chi connectivity index (χ3n) is 5.39. The molecule has 4 rings (SSSR count). The molecule has 0 aliphatic carbocycles. The van der Waals surface area contributed by atoms with E-state index in [1.807, 2.05) is 6.07 Å². The van der Waals surface area contributed by atoms with Crippen molar-refractivity contribution in [1.82, 2.24) is 4.90 Å². The number of halogens is 1. The minimum atomic E-state index is -0.425. The van der Waals surface area contributed by atoms with Crippen molar-refractivity contribution >= 4 is 29.0 Å². The van der Waals surface area contributed by atoms with Crippen LogP contribution in [0.25, 0.3) is 0 Å². The molecule has 0 bridgehead atoms. The van der Waals surface area contributed by atoms with Crippen LogP contribution in [0.4, 0.5) is 26.2 Å². The summed E-state index contributed by atoms with van der Waals surface area (Å²) in [6.07, 6.45) is 0. The van der Waals surface area contributed by atoms with Gasteiger partial charge in [-0.25, -0.2) is 9.18 Å². The topological polar surface area (TPSA) is 64.7 Å². The van der Waals surface area contributed by atoms with E-state index < -0.39 is 5.82 Å². The zero-order chi connectivity index (χ0) is 22.5. The van der Waals surface area contributed by atoms with E-state index in [9.17, 15) is 14.0 Å². The molecule has 1 aliphatic rings. The number of carbonyl (C=O) groups is 2. The molecular weight excluding hydrogens is 407 g/mol. The van der Waals surface area contributed by atoms with Crippen molar-refractivity contribution in [3.8, 4) is 0 Å². The molecule has 7 heteroatoms. The molecule has 0 unspecified atom stereocenters. The van der Waals surface area contributed by atoms with E-state index in [1.54, 1.807) is 35.2 Å². The lowest BCUT2D eigenvalue weighted by Crippen LogP contribution is -2.50. The van der Waals surface area contributed by atoms with Crippen LogP contribution in [0.1, 0.15) is 15.9 Å². The molecule has 6 nitrogen and oxygen atoms in total. The predicted octanol–water partition coefficient (Wildman–Crippen LogP) is 4.74. The largest absolute Gasteiger partial charge is 0.368 e. The molecule has 0 aromatic heterocycles. The van der Waals surface area contributed by atoms with Crippen LogP contribution in [0.15, 0.2) is 72.8 Å². The summed E-state index contributed by atoms with van der Waals surface area (Å²) in [6, 6.07) is 20.5. The van der Waals surface area contributed by atoms with Crippen LogP contribution >= 0.6 is 0 Å². The molecule has 1 aliphatic heterocycles. The third-order valence-corrected chi connectivity index (χ3v) is 5.39. The number of urea groups is 1. The summed E-state index contributed by atoms with van der Waals surface area (Å²) in [7, 11) is 0. The fraction of sp³-hybridized carbons (Fsp3) is 0.200. The van der Waals surface area contributed by atoms with Crippen LogP contribution in [0.5, 0.6) is 0 Å². The first-order valence-corrected chi connectivity index (χ1v) is 10.5. The van der Waals surface area contributed by atoms with E-state index >= 15 is 0 Å². The number of hydrogen-bond donors (Lipinski definition) is 2. The van der Waals surface area contributed by atoms with Crippen LogP contribution in [-0.4, -0.2) is 43.0 Å². The first kappa shape index (κ1) is 21.4. The average molecular weight is 432 g/mol. The summed E-state index contributed by atoms with van der Waals surface area (Å²) in [6.45, 7) is 4.80. The molecule has 0 spiro atoms. The maximum absolute atomic E-state index is 13.3. The third kappa shape index (κ3) is 5.24. The maximum Gasteiger partial charge on any atom is 0.321 e. The predicted molar refractivity (Wildman–Crippen MR) is 125 cm³/mol. The van der Waals surface area contributed by atoms with Crippen LogP contribution < -0.4 is 15.5 Å². The minimum Gasteiger partial charge on any atom is -0.368 e. The molecule has 3 aromatic rings. The fourth-order valence-corrected chi connectivity index (χ4v) is 3.70. The van der Waals surface area contributed by atoms with Gasteiger partial charge in [-0.1, -0.05) is 24.3 Å². The van der Waals surface area contributed by atoms with Gasteiger partial charge in [0, 0.05) is 48.8 Å². The highest BCUT2D eigenvalue weighted by molar-refractivity contribution is 6.05. The Labute approximate surface area is 186 Å². The fourth-order valence-electron chi connectivity index (χ4n) is 3.70. The van der Waals surface area contributed by atoms with Gasteiger partial charge < -0.3 is 20.4 Å². The molecule has 3 amide bonds. The molecule has 3 aromatic carbocycles. The van der Waals surface area contributed by atoms with Gasteiger partial charge in [-0.15, -0.1) is 0 Å². The number of rotatable bonds is 4. The highest BCUT2D eigenvalue weighted by Gasteiger charge is 2.21. The lowest BCUT2D eigenvalue weighted by atomic mass is 10.1. The van der Waals surface area contributed by atoms with Gasteiger partial charge in [-0.3, -0.25) is 4.79 Å². The van der Waals surface area contributed by atoms with Crippen molar-refractivity contribution in [3.63, 3.8) is 0 Å². The van der Waals surface area contributed by atoms with Crippen molar-refractivity contribution in [2.45, 2.75) is 6.92 Å². The van der Waals surface area contributed by atoms with E-state index in [4.69, 9.17) is 0 Å². The van der Waals surface area contributed by atoms with Gasteiger partial charge in [0.15, 0.2) is 0 Å². The molecule has 0 saturated carbocycles. The molecule has 1 fully saturated rings. The number of anilines is 3. The summed E-state index contributed by atoms with van der Waals surface area (Å²) < 4.78 is 13.3. The van der Waals surface area contributed by atoms with Crippen LogP contribution in [0.2, 0.25) is 0 Å². The van der Waals surface area contributed by atoms with Crippen molar-refractivity contribution in [1.29, 1.82) is 0 Å². The molecule has 0 atom stereocenters. The number of benzene rings is 3. The van der Waals surface area contributed by atoms with Gasteiger partial charge >= 0.3 is 6.03 Å². The van der Waals surface area contributed by atoms with E-state index in [1.165, 1.54) is 29.4 Å². The van der Waals surface area contributed by atoms with Crippen LogP contribution in [-0.2, 0) is 0 Å². The quantitative estimate of drug-likeness (QED) is 0.626. The number of aryl methyl sites for hydroxylation is 1. The van der Waals surface area contributed by atoms with E-state index in [0.717, 1.165) is 13.1 Å². The van der Waals surface area contributed by atoms with Gasteiger partial charge in [0.05, 0.1) is 0 Å². The second-order valence-corrected chi connectivity index (χ2v) is 7.79. The Bertz CT molecular complexity index is 1130. The molecule has 1 heterocycles. The van der Waals surface area contributed by atoms with Gasteiger partial charge in [-0.05, 0) is 61.0 Å². The summed E-state index contributed by atoms with van der Waals surface area (Å²) in [5, 5.41) is 5.53. The average Bonchev–Trinajstić information content (AvgIpc) is 2.79. The van der Waals surface area contributed by atoms with Crippen LogP contribution in [0, 0.1) is 12.7 Å². The van der Waals surface area contributed by atoms with Crippen LogP contribution in [0.3, 0.4) is 0 Å². The number of nitrogens with one attached hydrogen (secondary N) is 2. The Kier molecular flexibility index (Phi) is 6.35. The van der Waals surface area contributed by atoms with Crippen molar-refractivity contribution < 1.29 is 14.0 Å². The molecule has 1 saturated heterocycles. The first-order valence-electron chi connectivity index (χ1n) is 10.5. The van der Waals surface area contributed by atoms with Gasteiger partial charge in [0.1, 0.15) is 5.82 Å². The maximum atomic E-state index is 13.3. The van der Waals surface area contributed by atoms with Gasteiger partial charge in [-0.2, -0.15) is 0 Å². The smallest absolute Gasteiger partial charge is 0.321 e. The Balaban J connectivity index is 1.34. The Morgan fingerprint density at radius 3 is 2.22 bits per heavy atom. The lowest BCUT2D eigenvalue weighted by Gasteiger charge is -2.36. The molecule has 0 radical (unpaired) electrons. The number of hydrogen-bond acceptors (Lipinski definition) is 3. The summed E-state index contributed by atoms with van der Waals surface area (Å²) in [5.74, 6) is -0.801. The first-order chi connectivity index (χ1) is 15.5. The number of carbonyl (C=O) groups excluding carboxylic acids is 2. The minimum absolute atomic E-state index is 0.198. The van der Waals surface area contributed by atoms with Gasteiger partial charge in [0.2, 0.25) is 0 Å². The summed E-state index contributed by atoms with van der Waals surface area (Å²) in [4.78, 5) is 29.3. The Morgan fingerprint density at radius 1 is 0.812 bits per heavy atom.